The van der Waals surface area contributed by atoms with Crippen molar-refractivity contribution in [3.05, 3.63) is 193 Å². The molecule has 3 heteroatoms. The Morgan fingerprint density at radius 1 is 0.411 bits per heavy atom. The first-order valence-electron chi connectivity index (χ1n) is 19.2. The third kappa shape index (κ3) is 5.12. The van der Waals surface area contributed by atoms with Gasteiger partial charge in [0.25, 0.3) is 0 Å². The highest BCUT2D eigenvalue weighted by molar-refractivity contribution is 6.18. The number of rotatable bonds is 5. The van der Waals surface area contributed by atoms with Gasteiger partial charge >= 0.3 is 0 Å². The largest absolute Gasteiger partial charge is 0.455 e. The number of benzene rings is 8. The van der Waals surface area contributed by atoms with Gasteiger partial charge in [-0.25, -0.2) is 9.97 Å². The molecule has 0 bridgehead atoms. The Morgan fingerprint density at radius 2 is 1.07 bits per heavy atom. The fourth-order valence-electron chi connectivity index (χ4n) is 8.83. The topological polar surface area (TPSA) is 38.9 Å². The molecule has 56 heavy (non-hydrogen) atoms. The van der Waals surface area contributed by atoms with Gasteiger partial charge in [-0.05, 0) is 80.2 Å². The van der Waals surface area contributed by atoms with Crippen LogP contribution in [0.4, 0.5) is 0 Å². The van der Waals surface area contributed by atoms with E-state index in [1.807, 2.05) is 18.2 Å². The lowest BCUT2D eigenvalue weighted by Gasteiger charge is -2.21. The second-order valence-electron chi connectivity index (χ2n) is 15.4. The summed E-state index contributed by atoms with van der Waals surface area (Å²) in [5, 5.41) is 4.55. The van der Waals surface area contributed by atoms with E-state index in [2.05, 4.69) is 178 Å². The Kier molecular flexibility index (Phi) is 7.20. The van der Waals surface area contributed by atoms with Gasteiger partial charge in [-0.1, -0.05) is 166 Å². The Morgan fingerprint density at radius 3 is 1.95 bits per heavy atom. The number of hydrogen-bond donors (Lipinski definition) is 0. The van der Waals surface area contributed by atoms with E-state index in [-0.39, 0.29) is 5.41 Å². The van der Waals surface area contributed by atoms with Crippen molar-refractivity contribution in [1.29, 1.82) is 0 Å². The Balaban J connectivity index is 1.05. The molecule has 0 aliphatic heterocycles. The van der Waals surface area contributed by atoms with Gasteiger partial charge in [-0.15, -0.1) is 0 Å². The minimum absolute atomic E-state index is 0.0632. The van der Waals surface area contributed by atoms with Crippen LogP contribution in [-0.2, 0) is 5.41 Å². The van der Waals surface area contributed by atoms with Crippen LogP contribution in [0.5, 0.6) is 0 Å². The van der Waals surface area contributed by atoms with Crippen molar-refractivity contribution in [3.8, 4) is 67.3 Å². The van der Waals surface area contributed by atoms with E-state index in [4.69, 9.17) is 14.4 Å². The van der Waals surface area contributed by atoms with E-state index in [0.29, 0.717) is 5.82 Å². The maximum atomic E-state index is 6.51. The van der Waals surface area contributed by atoms with Gasteiger partial charge in [0, 0.05) is 38.3 Å². The van der Waals surface area contributed by atoms with Crippen LogP contribution in [0.15, 0.2) is 186 Å². The summed E-state index contributed by atoms with van der Waals surface area (Å²) in [6.45, 7) is 4.64. The Labute approximate surface area is 325 Å². The molecule has 3 nitrogen and oxygen atoms in total. The van der Waals surface area contributed by atoms with E-state index >= 15 is 0 Å². The van der Waals surface area contributed by atoms with E-state index < -0.39 is 0 Å². The van der Waals surface area contributed by atoms with Gasteiger partial charge in [0.2, 0.25) is 0 Å². The Hall–Kier alpha value is -7.10. The van der Waals surface area contributed by atoms with Crippen LogP contribution in [0.25, 0.3) is 100.0 Å². The molecule has 11 rings (SSSR count). The third-order valence-electron chi connectivity index (χ3n) is 11.7. The van der Waals surface area contributed by atoms with Crippen molar-refractivity contribution in [2.24, 2.45) is 0 Å². The zero-order chi connectivity index (χ0) is 37.4. The molecule has 0 atom stereocenters. The van der Waals surface area contributed by atoms with Crippen LogP contribution < -0.4 is 0 Å². The summed E-state index contributed by atoms with van der Waals surface area (Å²) in [6, 6.07) is 64.7. The standard InChI is InChI=1S/C53H36N2O/c1-53(2)45-20-8-6-17-41(45)44-31-38(27-29-46(44)53)48-32-47(54-52(55-48)39-16-10-15-37(30-39)33-12-4-3-5-13-33)35-24-22-34(23-25-35)40-19-11-14-36-26-28-43-42-18-7-9-21-49(42)56-51(43)50(36)40/h3-32H,1-2H3. The molecule has 0 radical (unpaired) electrons. The van der Waals surface area contributed by atoms with Crippen molar-refractivity contribution < 1.29 is 4.42 Å². The zero-order valence-electron chi connectivity index (χ0n) is 31.1. The van der Waals surface area contributed by atoms with E-state index in [9.17, 15) is 0 Å². The second-order valence-corrected chi connectivity index (χ2v) is 15.4. The quantitative estimate of drug-likeness (QED) is 0.178. The van der Waals surface area contributed by atoms with Gasteiger partial charge < -0.3 is 4.42 Å². The molecule has 0 fully saturated rings. The summed E-state index contributed by atoms with van der Waals surface area (Å²) in [5.74, 6) is 0.696. The van der Waals surface area contributed by atoms with Gasteiger partial charge in [0.1, 0.15) is 11.2 Å². The maximum Gasteiger partial charge on any atom is 0.160 e. The highest BCUT2D eigenvalue weighted by Gasteiger charge is 2.35. The predicted octanol–water partition coefficient (Wildman–Crippen LogP) is 14.2. The number of para-hydroxylation sites is 1. The Bertz CT molecular complexity index is 3150. The van der Waals surface area contributed by atoms with E-state index in [1.54, 1.807) is 0 Å². The normalized spacial score (nSPS) is 13.0. The molecule has 0 saturated heterocycles. The number of furan rings is 1. The fourth-order valence-corrected chi connectivity index (χ4v) is 8.83. The predicted molar refractivity (Wildman–Crippen MR) is 232 cm³/mol. The van der Waals surface area contributed by atoms with Crippen molar-refractivity contribution >= 4 is 32.7 Å². The van der Waals surface area contributed by atoms with Gasteiger partial charge in [-0.2, -0.15) is 0 Å². The van der Waals surface area contributed by atoms with Gasteiger partial charge in [0.15, 0.2) is 5.82 Å². The number of hydrogen-bond acceptors (Lipinski definition) is 3. The van der Waals surface area contributed by atoms with E-state index in [1.165, 1.54) is 22.3 Å². The zero-order valence-corrected chi connectivity index (χ0v) is 31.1. The maximum absolute atomic E-state index is 6.51. The molecule has 264 valence electrons. The number of fused-ring (bicyclic) bond motifs is 8. The fraction of sp³-hybridized carbons (Fsp3) is 0.0566. The molecular formula is C53H36N2O. The molecule has 2 heterocycles. The smallest absolute Gasteiger partial charge is 0.160 e. The molecule has 0 saturated carbocycles. The van der Waals surface area contributed by atoms with Gasteiger partial charge in [-0.3, -0.25) is 0 Å². The molecule has 10 aromatic rings. The molecule has 0 amide bonds. The highest BCUT2D eigenvalue weighted by Crippen LogP contribution is 2.49. The third-order valence-corrected chi connectivity index (χ3v) is 11.7. The minimum Gasteiger partial charge on any atom is -0.455 e. The molecule has 0 unspecified atom stereocenters. The summed E-state index contributed by atoms with van der Waals surface area (Å²) < 4.78 is 6.51. The average Bonchev–Trinajstić information content (AvgIpc) is 3.75. The monoisotopic (exact) mass is 716 g/mol. The minimum atomic E-state index is -0.0632. The number of nitrogens with zero attached hydrogens (tertiary/aromatic N) is 2. The van der Waals surface area contributed by atoms with Crippen molar-refractivity contribution in [2.45, 2.75) is 19.3 Å². The van der Waals surface area contributed by atoms with Crippen LogP contribution in [0.1, 0.15) is 25.0 Å². The molecular weight excluding hydrogens is 681 g/mol. The first kappa shape index (κ1) is 32.3. The lowest BCUT2D eigenvalue weighted by molar-refractivity contribution is 0.660. The average molecular weight is 717 g/mol. The summed E-state index contributed by atoms with van der Waals surface area (Å²) in [5.41, 5.74) is 16.4. The van der Waals surface area contributed by atoms with Crippen LogP contribution in [0, 0.1) is 0 Å². The van der Waals surface area contributed by atoms with Crippen LogP contribution in [-0.4, -0.2) is 9.97 Å². The molecule has 2 aromatic heterocycles. The molecule has 1 aliphatic rings. The van der Waals surface area contributed by atoms with Gasteiger partial charge in [0.05, 0.1) is 11.4 Å². The van der Waals surface area contributed by atoms with Crippen molar-refractivity contribution in [3.63, 3.8) is 0 Å². The van der Waals surface area contributed by atoms with Crippen molar-refractivity contribution in [2.75, 3.05) is 0 Å². The summed E-state index contributed by atoms with van der Waals surface area (Å²) in [4.78, 5) is 10.5. The van der Waals surface area contributed by atoms with Crippen LogP contribution in [0.2, 0.25) is 0 Å². The summed E-state index contributed by atoms with van der Waals surface area (Å²) in [6.07, 6.45) is 0. The summed E-state index contributed by atoms with van der Waals surface area (Å²) in [7, 11) is 0. The first-order valence-corrected chi connectivity index (χ1v) is 19.2. The van der Waals surface area contributed by atoms with Crippen LogP contribution >= 0.6 is 0 Å². The van der Waals surface area contributed by atoms with Crippen molar-refractivity contribution in [1.82, 2.24) is 9.97 Å². The van der Waals surface area contributed by atoms with E-state index in [0.717, 1.165) is 83.0 Å². The highest BCUT2D eigenvalue weighted by atomic mass is 16.3. The SMILES string of the molecule is CC1(C)c2ccccc2-c2cc(-c3cc(-c4ccc(-c5cccc6ccc7c8ccccc8oc7c56)cc4)nc(-c4cccc(-c5ccccc5)c4)n3)ccc21. The lowest BCUT2D eigenvalue weighted by Crippen LogP contribution is -2.14. The number of aromatic nitrogens is 2. The second kappa shape index (κ2) is 12.5. The lowest BCUT2D eigenvalue weighted by atomic mass is 9.82. The summed E-state index contributed by atoms with van der Waals surface area (Å²) >= 11 is 0. The molecule has 1 aliphatic carbocycles. The molecule has 0 N–H and O–H groups in total. The first-order chi connectivity index (χ1) is 27.5. The van der Waals surface area contributed by atoms with Crippen LogP contribution in [0.3, 0.4) is 0 Å². The molecule has 8 aromatic carbocycles. The molecule has 0 spiro atoms.